The highest BCUT2D eigenvalue weighted by Gasteiger charge is 2.35. The topological polar surface area (TPSA) is 122 Å². The molecule has 0 bridgehead atoms. The lowest BCUT2D eigenvalue weighted by Crippen LogP contribution is -2.50. The van der Waals surface area contributed by atoms with Gasteiger partial charge in [0, 0.05) is 49.9 Å². The van der Waals surface area contributed by atoms with Crippen LogP contribution in [-0.2, 0) is 0 Å². The predicted molar refractivity (Wildman–Crippen MR) is 135 cm³/mol. The number of nitrogens with zero attached hydrogens (tertiary/aromatic N) is 6. The molecule has 1 aliphatic heterocycles. The van der Waals surface area contributed by atoms with Crippen LogP contribution in [0.4, 0.5) is 0 Å². The normalized spacial score (nSPS) is 17.8. The largest absolute Gasteiger partial charge is 0.472 e. The fourth-order valence-corrected chi connectivity index (χ4v) is 3.92. The maximum Gasteiger partial charge on any atom is 0.273 e. The minimum Gasteiger partial charge on any atom is -0.472 e. The van der Waals surface area contributed by atoms with Gasteiger partial charge >= 0.3 is 0 Å². The van der Waals surface area contributed by atoms with Gasteiger partial charge in [0.25, 0.3) is 11.8 Å². The van der Waals surface area contributed by atoms with Crippen LogP contribution < -0.4 is 4.74 Å². The van der Waals surface area contributed by atoms with Gasteiger partial charge in [-0.2, -0.15) is 0 Å². The van der Waals surface area contributed by atoms with Crippen LogP contribution in [0.15, 0.2) is 55.2 Å². The second-order valence-corrected chi connectivity index (χ2v) is 8.94. The molecule has 3 atom stereocenters. The number of aliphatic hydroxyl groups is 1. The van der Waals surface area contributed by atoms with Crippen molar-refractivity contribution in [2.24, 2.45) is 5.92 Å². The average molecular weight is 501 g/mol. The van der Waals surface area contributed by atoms with Crippen LogP contribution in [0.1, 0.15) is 46.0 Å². The van der Waals surface area contributed by atoms with Crippen LogP contribution in [0.25, 0.3) is 0 Å². The van der Waals surface area contributed by atoms with E-state index in [-0.39, 0.29) is 48.0 Å². The molecule has 3 aromatic heterocycles. The van der Waals surface area contributed by atoms with Gasteiger partial charge < -0.3 is 19.6 Å². The molecule has 37 heavy (non-hydrogen) atoms. The van der Waals surface area contributed by atoms with Crippen molar-refractivity contribution < 1.29 is 19.4 Å². The monoisotopic (exact) mass is 500 g/mol. The summed E-state index contributed by atoms with van der Waals surface area (Å²) in [4.78, 5) is 46.2. The van der Waals surface area contributed by atoms with Gasteiger partial charge in [-0.25, -0.2) is 15.0 Å². The molecule has 1 aliphatic rings. The zero-order valence-electron chi connectivity index (χ0n) is 20.9. The summed E-state index contributed by atoms with van der Waals surface area (Å²) >= 11 is 0. The second-order valence-electron chi connectivity index (χ2n) is 8.94. The molecule has 0 aromatic carbocycles. The van der Waals surface area contributed by atoms with Gasteiger partial charge in [-0.3, -0.25) is 14.6 Å². The van der Waals surface area contributed by atoms with Crippen LogP contribution in [0, 0.1) is 17.8 Å². The van der Waals surface area contributed by atoms with Crippen molar-refractivity contribution in [2.75, 3.05) is 26.7 Å². The highest BCUT2D eigenvalue weighted by atomic mass is 16.5. The first-order chi connectivity index (χ1) is 17.9. The van der Waals surface area contributed by atoms with Crippen molar-refractivity contribution in [1.29, 1.82) is 0 Å². The third-order valence-electron chi connectivity index (χ3n) is 6.10. The molecule has 0 unspecified atom stereocenters. The first-order valence-electron chi connectivity index (χ1n) is 11.9. The van der Waals surface area contributed by atoms with Crippen LogP contribution in [0.2, 0.25) is 0 Å². The van der Waals surface area contributed by atoms with Gasteiger partial charge in [-0.05, 0) is 31.0 Å². The van der Waals surface area contributed by atoms with Gasteiger partial charge in [0.1, 0.15) is 23.1 Å². The Morgan fingerprint density at radius 1 is 1.22 bits per heavy atom. The van der Waals surface area contributed by atoms with E-state index in [2.05, 4.69) is 31.8 Å². The standard InChI is InChI=1S/C27H28N6O4/c1-18-15-33(19(2)17-34)26(35)22-12-20(7-8-21-6-4-5-9-29-21)13-31-25(22)37-24(18)16-32(3)27(36)23-14-28-10-11-30-23/h4-6,9-14,18-19,24,34H,15-17H2,1-3H3/t18-,19-,24-/m0/s1. The first-order valence-corrected chi connectivity index (χ1v) is 11.9. The maximum absolute atomic E-state index is 13.5. The van der Waals surface area contributed by atoms with E-state index in [0.29, 0.717) is 17.8 Å². The summed E-state index contributed by atoms with van der Waals surface area (Å²) in [5.74, 6) is 5.34. The summed E-state index contributed by atoms with van der Waals surface area (Å²) < 4.78 is 6.24. The summed E-state index contributed by atoms with van der Waals surface area (Å²) in [6, 6.07) is 6.65. The molecule has 0 saturated heterocycles. The van der Waals surface area contributed by atoms with E-state index in [1.54, 1.807) is 49.5 Å². The molecule has 0 radical (unpaired) electrons. The number of hydrogen-bond acceptors (Lipinski definition) is 8. The lowest BCUT2D eigenvalue weighted by atomic mass is 9.99. The second kappa shape index (κ2) is 11.6. The lowest BCUT2D eigenvalue weighted by molar-refractivity contribution is 0.0312. The highest BCUT2D eigenvalue weighted by Crippen LogP contribution is 2.27. The Morgan fingerprint density at radius 2 is 2.05 bits per heavy atom. The average Bonchev–Trinajstić information content (AvgIpc) is 2.94. The van der Waals surface area contributed by atoms with E-state index in [1.807, 2.05) is 13.0 Å². The SMILES string of the molecule is C[C@H]1CN([C@@H](C)CO)C(=O)c2cc(C#Cc3ccccn3)cnc2O[C@H]1CN(C)C(=O)c1cnccn1. The van der Waals surface area contributed by atoms with Crippen molar-refractivity contribution in [3.8, 4) is 17.7 Å². The summed E-state index contributed by atoms with van der Waals surface area (Å²) in [7, 11) is 1.66. The van der Waals surface area contributed by atoms with E-state index in [9.17, 15) is 14.7 Å². The first kappa shape index (κ1) is 25.7. The maximum atomic E-state index is 13.5. The van der Waals surface area contributed by atoms with E-state index in [1.165, 1.54) is 23.5 Å². The fraction of sp³-hybridized carbons (Fsp3) is 0.333. The summed E-state index contributed by atoms with van der Waals surface area (Å²) in [5.41, 5.74) is 1.59. The minimum atomic E-state index is -0.483. The number of carbonyl (C=O) groups is 2. The Hall–Kier alpha value is -4.36. The smallest absolute Gasteiger partial charge is 0.273 e. The number of pyridine rings is 2. The molecule has 0 spiro atoms. The van der Waals surface area contributed by atoms with Gasteiger partial charge in [-0.1, -0.05) is 18.9 Å². The highest BCUT2D eigenvalue weighted by molar-refractivity contribution is 5.97. The molecular weight excluding hydrogens is 472 g/mol. The lowest BCUT2D eigenvalue weighted by Gasteiger charge is -2.37. The fourth-order valence-electron chi connectivity index (χ4n) is 3.92. The molecule has 190 valence electrons. The van der Waals surface area contributed by atoms with Gasteiger partial charge in [0.05, 0.1) is 25.4 Å². The number of amides is 2. The summed E-state index contributed by atoms with van der Waals surface area (Å²) in [6.07, 6.45) is 7.09. The third-order valence-corrected chi connectivity index (χ3v) is 6.10. The Labute approximate surface area is 215 Å². The molecule has 4 heterocycles. The third kappa shape index (κ3) is 6.08. The van der Waals surface area contributed by atoms with E-state index in [0.717, 1.165) is 0 Å². The zero-order valence-corrected chi connectivity index (χ0v) is 20.9. The van der Waals surface area contributed by atoms with Gasteiger partial charge in [0.2, 0.25) is 5.88 Å². The van der Waals surface area contributed by atoms with Crippen LogP contribution in [-0.4, -0.2) is 85.5 Å². The number of aromatic nitrogens is 4. The van der Waals surface area contributed by atoms with Gasteiger partial charge in [-0.15, -0.1) is 0 Å². The predicted octanol–water partition coefficient (Wildman–Crippen LogP) is 1.66. The van der Waals surface area contributed by atoms with E-state index >= 15 is 0 Å². The molecule has 10 heteroatoms. The zero-order chi connectivity index (χ0) is 26.4. The van der Waals surface area contributed by atoms with Crippen molar-refractivity contribution in [1.82, 2.24) is 29.7 Å². The van der Waals surface area contributed by atoms with Gasteiger partial charge in [0.15, 0.2) is 0 Å². The molecular formula is C27H28N6O4. The molecule has 1 N–H and O–H groups in total. The van der Waals surface area contributed by atoms with E-state index < -0.39 is 12.1 Å². The Morgan fingerprint density at radius 3 is 2.76 bits per heavy atom. The van der Waals surface area contributed by atoms with Crippen molar-refractivity contribution in [3.63, 3.8) is 0 Å². The van der Waals surface area contributed by atoms with Crippen LogP contribution >= 0.6 is 0 Å². The van der Waals surface area contributed by atoms with Crippen molar-refractivity contribution in [2.45, 2.75) is 26.0 Å². The van der Waals surface area contributed by atoms with Crippen LogP contribution in [0.3, 0.4) is 0 Å². The number of rotatable bonds is 5. The Bertz CT molecular complexity index is 1310. The molecule has 0 saturated carbocycles. The Balaban J connectivity index is 1.65. The quantitative estimate of drug-likeness (QED) is 0.525. The number of carbonyl (C=O) groups excluding carboxylic acids is 2. The molecule has 0 aliphatic carbocycles. The number of fused-ring (bicyclic) bond motifs is 1. The number of likely N-dealkylation sites (N-methyl/N-ethyl adjacent to an activating group) is 1. The number of aliphatic hydroxyl groups excluding tert-OH is 1. The van der Waals surface area contributed by atoms with E-state index in [4.69, 9.17) is 4.74 Å². The van der Waals surface area contributed by atoms with Crippen molar-refractivity contribution >= 4 is 11.8 Å². The molecule has 0 fully saturated rings. The molecule has 4 rings (SSSR count). The summed E-state index contributed by atoms with van der Waals surface area (Å²) in [5, 5.41) is 9.84. The van der Waals surface area contributed by atoms with Crippen LogP contribution in [0.5, 0.6) is 5.88 Å². The number of ether oxygens (including phenoxy) is 1. The molecule has 3 aromatic rings. The number of hydrogen-bond donors (Lipinski definition) is 1. The summed E-state index contributed by atoms with van der Waals surface area (Å²) in [6.45, 7) is 4.07. The molecule has 2 amide bonds. The minimum absolute atomic E-state index is 0.153. The Kier molecular flexibility index (Phi) is 8.05. The molecule has 10 nitrogen and oxygen atoms in total. The van der Waals surface area contributed by atoms with Crippen molar-refractivity contribution in [3.05, 3.63) is 77.8 Å².